The highest BCUT2D eigenvalue weighted by Crippen LogP contribution is 2.12. The van der Waals surface area contributed by atoms with Crippen LogP contribution < -0.4 is 0 Å². The predicted octanol–water partition coefficient (Wildman–Crippen LogP) is 1.63. The fourth-order valence-corrected chi connectivity index (χ4v) is 1.16. The summed E-state index contributed by atoms with van der Waals surface area (Å²) in [5.74, 6) is -0.735. The Bertz CT molecular complexity index is 329. The Morgan fingerprint density at radius 3 is 2.77 bits per heavy atom. The number of furan rings is 1. The fourth-order valence-electron chi connectivity index (χ4n) is 0.750. The molecule has 0 aliphatic rings. The first kappa shape index (κ1) is 10.2. The molecule has 0 radical (unpaired) electrons. The summed E-state index contributed by atoms with van der Waals surface area (Å²) in [6, 6.07) is 1.58. The standard InChI is InChI=1S/C8H7IO4/c1-12-8(11)3-6(10)7-2-5(9)4-13-7/h2,4H,3H2,1H3. The Morgan fingerprint density at radius 2 is 2.31 bits per heavy atom. The number of ketones is 1. The lowest BCUT2D eigenvalue weighted by molar-refractivity contribution is -0.139. The third kappa shape index (κ3) is 2.83. The molecular formula is C8H7IO4. The van der Waals surface area contributed by atoms with E-state index in [-0.39, 0.29) is 18.0 Å². The van der Waals surface area contributed by atoms with Crippen molar-refractivity contribution >= 4 is 34.3 Å². The van der Waals surface area contributed by atoms with Crippen molar-refractivity contribution in [3.63, 3.8) is 0 Å². The monoisotopic (exact) mass is 294 g/mol. The molecule has 0 aromatic carbocycles. The van der Waals surface area contributed by atoms with Crippen molar-refractivity contribution in [1.29, 1.82) is 0 Å². The first-order chi connectivity index (χ1) is 6.13. The van der Waals surface area contributed by atoms with E-state index in [1.807, 2.05) is 22.6 Å². The number of rotatable bonds is 3. The number of Topliss-reactive ketones (excluding diaryl/α,β-unsaturated/α-hetero) is 1. The van der Waals surface area contributed by atoms with E-state index in [0.29, 0.717) is 0 Å². The van der Waals surface area contributed by atoms with Crippen LogP contribution in [-0.2, 0) is 9.53 Å². The van der Waals surface area contributed by atoms with Crippen LogP contribution in [0.15, 0.2) is 16.7 Å². The van der Waals surface area contributed by atoms with Gasteiger partial charge in [0.1, 0.15) is 12.7 Å². The topological polar surface area (TPSA) is 56.5 Å². The van der Waals surface area contributed by atoms with Crippen molar-refractivity contribution in [3.8, 4) is 0 Å². The van der Waals surface area contributed by atoms with E-state index in [0.717, 1.165) is 3.57 Å². The lowest BCUT2D eigenvalue weighted by Gasteiger charge is -1.94. The number of hydrogen-bond donors (Lipinski definition) is 0. The molecule has 1 aromatic rings. The van der Waals surface area contributed by atoms with E-state index in [1.54, 1.807) is 6.07 Å². The summed E-state index contributed by atoms with van der Waals surface area (Å²) in [6.07, 6.45) is 1.17. The minimum atomic E-state index is -0.559. The molecule has 0 saturated carbocycles. The number of hydrogen-bond acceptors (Lipinski definition) is 4. The van der Waals surface area contributed by atoms with Crippen molar-refractivity contribution in [2.75, 3.05) is 7.11 Å². The minimum Gasteiger partial charge on any atom is -0.469 e. The molecule has 0 aliphatic heterocycles. The van der Waals surface area contributed by atoms with Gasteiger partial charge in [-0.3, -0.25) is 9.59 Å². The number of carbonyl (C=O) groups is 2. The fraction of sp³-hybridized carbons (Fsp3) is 0.250. The van der Waals surface area contributed by atoms with Crippen LogP contribution in [0, 0.1) is 3.57 Å². The van der Waals surface area contributed by atoms with Crippen molar-refractivity contribution in [2.24, 2.45) is 0 Å². The zero-order valence-corrected chi connectivity index (χ0v) is 9.03. The minimum absolute atomic E-state index is 0.190. The zero-order chi connectivity index (χ0) is 9.84. The smallest absolute Gasteiger partial charge is 0.313 e. The maximum Gasteiger partial charge on any atom is 0.313 e. The highest BCUT2D eigenvalue weighted by atomic mass is 127. The molecule has 13 heavy (non-hydrogen) atoms. The second-order valence-corrected chi connectivity index (χ2v) is 3.55. The van der Waals surface area contributed by atoms with Gasteiger partial charge >= 0.3 is 5.97 Å². The van der Waals surface area contributed by atoms with Crippen molar-refractivity contribution in [2.45, 2.75) is 6.42 Å². The van der Waals surface area contributed by atoms with Gasteiger partial charge in [-0.15, -0.1) is 0 Å². The second-order valence-electron chi connectivity index (χ2n) is 2.31. The van der Waals surface area contributed by atoms with Gasteiger partial charge in [0.15, 0.2) is 5.76 Å². The Kier molecular flexibility index (Phi) is 3.47. The van der Waals surface area contributed by atoms with Gasteiger partial charge in [0.2, 0.25) is 5.78 Å². The first-order valence-corrected chi connectivity index (χ1v) is 4.55. The number of carbonyl (C=O) groups excluding carboxylic acids is 2. The number of methoxy groups -OCH3 is 1. The molecule has 0 aliphatic carbocycles. The SMILES string of the molecule is COC(=O)CC(=O)c1cc(I)co1. The maximum absolute atomic E-state index is 11.2. The normalized spacial score (nSPS) is 9.69. The lowest BCUT2D eigenvalue weighted by Crippen LogP contribution is -2.08. The third-order valence-electron chi connectivity index (χ3n) is 1.37. The van der Waals surface area contributed by atoms with Crippen LogP contribution in [0.4, 0.5) is 0 Å². The van der Waals surface area contributed by atoms with Gasteiger partial charge in [-0.2, -0.15) is 0 Å². The Labute approximate surface area is 88.4 Å². The van der Waals surface area contributed by atoms with Crippen molar-refractivity contribution in [3.05, 3.63) is 21.7 Å². The van der Waals surface area contributed by atoms with Gasteiger partial charge in [0.25, 0.3) is 0 Å². The van der Waals surface area contributed by atoms with E-state index in [2.05, 4.69) is 4.74 Å². The number of ether oxygens (including phenoxy) is 1. The molecule has 0 amide bonds. The van der Waals surface area contributed by atoms with Crippen molar-refractivity contribution < 1.29 is 18.7 Å². The summed E-state index contributed by atoms with van der Waals surface area (Å²) in [6.45, 7) is 0. The van der Waals surface area contributed by atoms with Gasteiger partial charge in [0.05, 0.1) is 10.7 Å². The molecule has 5 heteroatoms. The molecule has 0 N–H and O–H groups in total. The van der Waals surface area contributed by atoms with Crippen LogP contribution >= 0.6 is 22.6 Å². The van der Waals surface area contributed by atoms with Crippen LogP contribution in [0.3, 0.4) is 0 Å². The molecule has 1 rings (SSSR count). The zero-order valence-electron chi connectivity index (χ0n) is 6.87. The molecule has 0 saturated heterocycles. The summed E-state index contributed by atoms with van der Waals surface area (Å²) in [7, 11) is 1.24. The van der Waals surface area contributed by atoms with E-state index >= 15 is 0 Å². The van der Waals surface area contributed by atoms with Crippen LogP contribution in [0.5, 0.6) is 0 Å². The summed E-state index contributed by atoms with van der Waals surface area (Å²) in [4.78, 5) is 21.9. The molecule has 0 spiro atoms. The van der Waals surface area contributed by atoms with Crippen LogP contribution in [0.1, 0.15) is 17.0 Å². The lowest BCUT2D eigenvalue weighted by atomic mass is 10.2. The quantitative estimate of drug-likeness (QED) is 0.368. The van der Waals surface area contributed by atoms with Gasteiger partial charge in [0, 0.05) is 6.07 Å². The summed E-state index contributed by atoms with van der Waals surface area (Å²) in [5.41, 5.74) is 0. The van der Waals surface area contributed by atoms with Gasteiger partial charge in [-0.05, 0) is 22.6 Å². The molecule has 0 unspecified atom stereocenters. The third-order valence-corrected chi connectivity index (χ3v) is 1.94. The summed E-state index contributed by atoms with van der Waals surface area (Å²) < 4.78 is 10.1. The molecule has 1 heterocycles. The van der Waals surface area contributed by atoms with E-state index in [4.69, 9.17) is 4.42 Å². The van der Waals surface area contributed by atoms with Gasteiger partial charge < -0.3 is 9.15 Å². The molecule has 1 aromatic heterocycles. The predicted molar refractivity (Wildman–Crippen MR) is 52.4 cm³/mol. The largest absolute Gasteiger partial charge is 0.469 e. The molecule has 0 atom stereocenters. The Morgan fingerprint density at radius 1 is 1.62 bits per heavy atom. The number of halogens is 1. The molecule has 0 fully saturated rings. The van der Waals surface area contributed by atoms with Crippen LogP contribution in [-0.4, -0.2) is 18.9 Å². The summed E-state index contributed by atoms with van der Waals surface area (Å²) in [5, 5.41) is 0. The van der Waals surface area contributed by atoms with E-state index < -0.39 is 5.97 Å². The Balaban J connectivity index is 2.64. The van der Waals surface area contributed by atoms with E-state index in [1.165, 1.54) is 13.4 Å². The highest BCUT2D eigenvalue weighted by molar-refractivity contribution is 14.1. The maximum atomic E-state index is 11.2. The average Bonchev–Trinajstić information content (AvgIpc) is 2.51. The molecular weight excluding hydrogens is 287 g/mol. The first-order valence-electron chi connectivity index (χ1n) is 3.47. The van der Waals surface area contributed by atoms with Crippen LogP contribution in [0.25, 0.3) is 0 Å². The highest BCUT2D eigenvalue weighted by Gasteiger charge is 2.15. The average molecular weight is 294 g/mol. The van der Waals surface area contributed by atoms with Crippen molar-refractivity contribution in [1.82, 2.24) is 0 Å². The van der Waals surface area contributed by atoms with Gasteiger partial charge in [-0.1, -0.05) is 0 Å². The summed E-state index contributed by atoms with van der Waals surface area (Å²) >= 11 is 2.01. The molecule has 0 bridgehead atoms. The second kappa shape index (κ2) is 4.40. The Hall–Kier alpha value is -0.850. The number of esters is 1. The van der Waals surface area contributed by atoms with Gasteiger partial charge in [-0.25, -0.2) is 0 Å². The molecule has 70 valence electrons. The molecule has 4 nitrogen and oxygen atoms in total. The van der Waals surface area contributed by atoms with Crippen LogP contribution in [0.2, 0.25) is 0 Å². The van der Waals surface area contributed by atoms with E-state index in [9.17, 15) is 9.59 Å².